The second kappa shape index (κ2) is 4.81. The first kappa shape index (κ1) is 12.4. The van der Waals surface area contributed by atoms with Gasteiger partial charge in [-0.05, 0) is 50.9 Å². The molecule has 2 aliphatic rings. The van der Waals surface area contributed by atoms with E-state index >= 15 is 0 Å². The maximum absolute atomic E-state index is 10.8. The fraction of sp³-hybridized carbons (Fsp3) is 0.571. The molecule has 19 heavy (non-hydrogen) atoms. The van der Waals surface area contributed by atoms with E-state index in [-0.39, 0.29) is 10.6 Å². The number of benzene rings is 1. The lowest BCUT2D eigenvalue weighted by atomic mass is 9.88. The van der Waals surface area contributed by atoms with Crippen LogP contribution in [0.1, 0.15) is 18.4 Å². The van der Waals surface area contributed by atoms with Crippen molar-refractivity contribution in [2.75, 3.05) is 25.5 Å². The Morgan fingerprint density at radius 1 is 1.37 bits per heavy atom. The number of nitro groups is 1. The summed E-state index contributed by atoms with van der Waals surface area (Å²) >= 11 is 0. The minimum atomic E-state index is -0.329. The van der Waals surface area contributed by atoms with Crippen molar-refractivity contribution < 1.29 is 4.92 Å². The van der Waals surface area contributed by atoms with Gasteiger partial charge in [-0.2, -0.15) is 0 Å². The van der Waals surface area contributed by atoms with Gasteiger partial charge in [0.15, 0.2) is 0 Å². The standard InChI is InChI=1S/C14H19N3O2/c1-16-6-4-10(5-7-16)13-8-11-2-3-12(17(18)19)9-14(11)15-13/h2-3,9-10,13,15H,4-8H2,1H3. The number of fused-ring (bicyclic) bond motifs is 1. The second-order valence-electron chi connectivity index (χ2n) is 5.69. The molecular weight excluding hydrogens is 242 g/mol. The molecule has 0 spiro atoms. The van der Waals surface area contributed by atoms with Gasteiger partial charge in [-0.3, -0.25) is 10.1 Å². The highest BCUT2D eigenvalue weighted by Crippen LogP contribution is 2.34. The highest BCUT2D eigenvalue weighted by atomic mass is 16.6. The molecule has 0 aliphatic carbocycles. The van der Waals surface area contributed by atoms with Crippen LogP contribution in [0, 0.1) is 16.0 Å². The molecule has 0 amide bonds. The van der Waals surface area contributed by atoms with Crippen molar-refractivity contribution in [3.63, 3.8) is 0 Å². The molecule has 102 valence electrons. The van der Waals surface area contributed by atoms with Gasteiger partial charge in [0, 0.05) is 23.9 Å². The Balaban J connectivity index is 1.71. The lowest BCUT2D eigenvalue weighted by molar-refractivity contribution is -0.384. The SMILES string of the molecule is CN1CCC(C2Cc3ccc([N+](=O)[O-])cc3N2)CC1. The molecule has 5 heteroatoms. The summed E-state index contributed by atoms with van der Waals surface area (Å²) in [6.07, 6.45) is 3.43. The topological polar surface area (TPSA) is 58.4 Å². The number of likely N-dealkylation sites (tertiary alicyclic amines) is 1. The average Bonchev–Trinajstić information content (AvgIpc) is 2.82. The quantitative estimate of drug-likeness (QED) is 0.655. The molecule has 1 N–H and O–H groups in total. The van der Waals surface area contributed by atoms with Crippen LogP contribution in [0.15, 0.2) is 18.2 Å². The highest BCUT2D eigenvalue weighted by Gasteiger charge is 2.30. The summed E-state index contributed by atoms with van der Waals surface area (Å²) in [5, 5.41) is 14.3. The van der Waals surface area contributed by atoms with Gasteiger partial charge in [0.1, 0.15) is 0 Å². The fourth-order valence-electron chi connectivity index (χ4n) is 3.19. The van der Waals surface area contributed by atoms with Crippen LogP contribution in [0.3, 0.4) is 0 Å². The summed E-state index contributed by atoms with van der Waals surface area (Å²) in [5.41, 5.74) is 2.35. The van der Waals surface area contributed by atoms with E-state index in [1.54, 1.807) is 12.1 Å². The molecule has 2 aliphatic heterocycles. The van der Waals surface area contributed by atoms with Gasteiger partial charge in [0.2, 0.25) is 0 Å². The normalized spacial score (nSPS) is 23.9. The van der Waals surface area contributed by atoms with Gasteiger partial charge in [0.25, 0.3) is 5.69 Å². The monoisotopic (exact) mass is 261 g/mol. The Kier molecular flexibility index (Phi) is 3.14. The Labute approximate surface area is 112 Å². The first-order valence-corrected chi connectivity index (χ1v) is 6.86. The number of hydrogen-bond donors (Lipinski definition) is 1. The minimum absolute atomic E-state index is 0.176. The molecule has 1 unspecified atom stereocenters. The zero-order valence-electron chi connectivity index (χ0n) is 11.1. The van der Waals surface area contributed by atoms with E-state index in [9.17, 15) is 10.1 Å². The van der Waals surface area contributed by atoms with E-state index in [0.29, 0.717) is 12.0 Å². The molecule has 0 saturated carbocycles. The Hall–Kier alpha value is -1.62. The molecule has 0 aromatic heterocycles. The average molecular weight is 261 g/mol. The summed E-state index contributed by atoms with van der Waals surface area (Å²) in [6.45, 7) is 2.30. The highest BCUT2D eigenvalue weighted by molar-refractivity contribution is 5.61. The summed E-state index contributed by atoms with van der Waals surface area (Å²) in [6, 6.07) is 5.63. The predicted octanol–water partition coefficient (Wildman–Crippen LogP) is 2.27. The number of anilines is 1. The van der Waals surface area contributed by atoms with Crippen LogP contribution in [-0.4, -0.2) is 36.0 Å². The Morgan fingerprint density at radius 2 is 2.11 bits per heavy atom. The van der Waals surface area contributed by atoms with Crippen molar-refractivity contribution in [1.29, 1.82) is 0 Å². The number of nitro benzene ring substituents is 1. The zero-order valence-corrected chi connectivity index (χ0v) is 11.1. The largest absolute Gasteiger partial charge is 0.381 e. The first-order valence-electron chi connectivity index (χ1n) is 6.86. The van der Waals surface area contributed by atoms with E-state index in [2.05, 4.69) is 17.3 Å². The molecule has 1 aromatic rings. The van der Waals surface area contributed by atoms with Gasteiger partial charge in [-0.15, -0.1) is 0 Å². The Bertz CT molecular complexity index is 495. The molecular formula is C14H19N3O2. The lowest BCUT2D eigenvalue weighted by Crippen LogP contribution is -2.37. The Morgan fingerprint density at radius 3 is 2.79 bits per heavy atom. The minimum Gasteiger partial charge on any atom is -0.381 e. The molecule has 3 rings (SSSR count). The third-order valence-corrected chi connectivity index (χ3v) is 4.42. The third-order valence-electron chi connectivity index (χ3n) is 4.42. The molecule has 1 aromatic carbocycles. The van der Waals surface area contributed by atoms with E-state index in [1.807, 2.05) is 6.07 Å². The second-order valence-corrected chi connectivity index (χ2v) is 5.69. The number of rotatable bonds is 2. The van der Waals surface area contributed by atoms with Gasteiger partial charge in [-0.1, -0.05) is 6.07 Å². The van der Waals surface area contributed by atoms with Crippen molar-refractivity contribution >= 4 is 11.4 Å². The van der Waals surface area contributed by atoms with Gasteiger partial charge < -0.3 is 10.2 Å². The van der Waals surface area contributed by atoms with Crippen molar-refractivity contribution in [2.45, 2.75) is 25.3 Å². The van der Waals surface area contributed by atoms with Crippen LogP contribution in [0.25, 0.3) is 0 Å². The number of piperidine rings is 1. The molecule has 0 bridgehead atoms. The van der Waals surface area contributed by atoms with Gasteiger partial charge >= 0.3 is 0 Å². The van der Waals surface area contributed by atoms with Crippen molar-refractivity contribution in [2.24, 2.45) is 5.92 Å². The molecule has 5 nitrogen and oxygen atoms in total. The summed E-state index contributed by atoms with van der Waals surface area (Å²) < 4.78 is 0. The third kappa shape index (κ3) is 2.42. The number of hydrogen-bond acceptors (Lipinski definition) is 4. The van der Waals surface area contributed by atoms with Gasteiger partial charge in [-0.25, -0.2) is 0 Å². The summed E-state index contributed by atoms with van der Waals surface area (Å²) in [5.74, 6) is 0.683. The maximum atomic E-state index is 10.8. The number of nitrogens with one attached hydrogen (secondary N) is 1. The summed E-state index contributed by atoms with van der Waals surface area (Å²) in [4.78, 5) is 12.8. The van der Waals surface area contributed by atoms with Crippen molar-refractivity contribution in [1.82, 2.24) is 4.90 Å². The van der Waals surface area contributed by atoms with E-state index in [4.69, 9.17) is 0 Å². The molecule has 0 radical (unpaired) electrons. The lowest BCUT2D eigenvalue weighted by Gasteiger charge is -2.32. The van der Waals surface area contributed by atoms with Crippen molar-refractivity contribution in [3.8, 4) is 0 Å². The van der Waals surface area contributed by atoms with Crippen LogP contribution >= 0.6 is 0 Å². The van der Waals surface area contributed by atoms with Crippen LogP contribution in [-0.2, 0) is 6.42 Å². The number of nitrogens with zero attached hydrogens (tertiary/aromatic N) is 2. The number of non-ortho nitro benzene ring substituents is 1. The maximum Gasteiger partial charge on any atom is 0.271 e. The smallest absolute Gasteiger partial charge is 0.271 e. The first-order chi connectivity index (χ1) is 9.13. The van der Waals surface area contributed by atoms with Crippen LogP contribution in [0.4, 0.5) is 11.4 Å². The van der Waals surface area contributed by atoms with E-state index in [1.165, 1.54) is 18.4 Å². The zero-order chi connectivity index (χ0) is 13.4. The van der Waals surface area contributed by atoms with Crippen LogP contribution in [0.5, 0.6) is 0 Å². The van der Waals surface area contributed by atoms with Gasteiger partial charge in [0.05, 0.1) is 4.92 Å². The summed E-state index contributed by atoms with van der Waals surface area (Å²) in [7, 11) is 2.16. The molecule has 1 fully saturated rings. The van der Waals surface area contributed by atoms with E-state index < -0.39 is 0 Å². The molecule has 1 saturated heterocycles. The van der Waals surface area contributed by atoms with Crippen LogP contribution in [0.2, 0.25) is 0 Å². The van der Waals surface area contributed by atoms with Crippen molar-refractivity contribution in [3.05, 3.63) is 33.9 Å². The van der Waals surface area contributed by atoms with Crippen LogP contribution < -0.4 is 5.32 Å². The fourth-order valence-corrected chi connectivity index (χ4v) is 3.19. The van der Waals surface area contributed by atoms with E-state index in [0.717, 1.165) is 25.2 Å². The molecule has 1 atom stereocenters. The predicted molar refractivity (Wildman–Crippen MR) is 74.4 cm³/mol. The molecule has 2 heterocycles.